The standard InChI is InChI=1S/C23H28N2O4/c1-14-20(23(28)25-11-4-3-5-12-25)21(15-9-10-17(26)19(13-15)29-2)22-16(24-14)7-6-8-18(22)27/h9-10,13,20-21,26H,3-8,11-12H2,1-2H3/t20?,21-/m0/s1. The van der Waals surface area contributed by atoms with Gasteiger partial charge in [-0.3, -0.25) is 14.6 Å². The Hall–Kier alpha value is -2.63. The van der Waals surface area contributed by atoms with Crippen LogP contribution in [0.2, 0.25) is 0 Å². The number of ketones is 1. The van der Waals surface area contributed by atoms with Crippen LogP contribution < -0.4 is 4.74 Å². The molecule has 0 radical (unpaired) electrons. The molecule has 0 spiro atoms. The summed E-state index contributed by atoms with van der Waals surface area (Å²) in [7, 11) is 1.50. The largest absolute Gasteiger partial charge is 0.504 e. The van der Waals surface area contributed by atoms with Crippen molar-refractivity contribution in [1.82, 2.24) is 4.90 Å². The third-order valence-electron chi connectivity index (χ3n) is 6.33. The van der Waals surface area contributed by atoms with Crippen molar-refractivity contribution in [3.05, 3.63) is 35.0 Å². The van der Waals surface area contributed by atoms with Crippen molar-refractivity contribution in [3.63, 3.8) is 0 Å². The van der Waals surface area contributed by atoms with Crippen molar-refractivity contribution in [2.45, 2.75) is 51.4 Å². The first-order valence-electron chi connectivity index (χ1n) is 10.5. The second kappa shape index (κ2) is 8.01. The van der Waals surface area contributed by atoms with Crippen molar-refractivity contribution in [1.29, 1.82) is 0 Å². The van der Waals surface area contributed by atoms with Crippen LogP contribution in [0.4, 0.5) is 0 Å². The molecule has 2 heterocycles. The number of rotatable bonds is 3. The quantitative estimate of drug-likeness (QED) is 0.847. The minimum atomic E-state index is -0.497. The molecule has 0 aromatic heterocycles. The van der Waals surface area contributed by atoms with E-state index in [2.05, 4.69) is 0 Å². The molecule has 2 aliphatic heterocycles. The van der Waals surface area contributed by atoms with Gasteiger partial charge in [0.1, 0.15) is 0 Å². The Morgan fingerprint density at radius 2 is 1.93 bits per heavy atom. The predicted molar refractivity (Wildman–Crippen MR) is 110 cm³/mol. The first-order valence-corrected chi connectivity index (χ1v) is 10.5. The molecule has 154 valence electrons. The lowest BCUT2D eigenvalue weighted by Crippen LogP contribution is -2.46. The van der Waals surface area contributed by atoms with Gasteiger partial charge < -0.3 is 14.7 Å². The van der Waals surface area contributed by atoms with Gasteiger partial charge in [-0.15, -0.1) is 0 Å². The van der Waals surface area contributed by atoms with E-state index in [4.69, 9.17) is 9.73 Å². The molecule has 6 heteroatoms. The van der Waals surface area contributed by atoms with Gasteiger partial charge in [0, 0.05) is 42.4 Å². The lowest BCUT2D eigenvalue weighted by atomic mass is 9.71. The van der Waals surface area contributed by atoms with E-state index in [1.54, 1.807) is 18.2 Å². The van der Waals surface area contributed by atoms with E-state index in [9.17, 15) is 14.7 Å². The average Bonchev–Trinajstić information content (AvgIpc) is 2.73. The number of Topliss-reactive ketones (excluding diaryl/α,β-unsaturated/α-hetero) is 1. The number of amides is 1. The van der Waals surface area contributed by atoms with Gasteiger partial charge in [-0.05, 0) is 56.7 Å². The topological polar surface area (TPSA) is 79.2 Å². The summed E-state index contributed by atoms with van der Waals surface area (Å²) in [6.07, 6.45) is 5.22. The summed E-state index contributed by atoms with van der Waals surface area (Å²) in [5, 5.41) is 10.0. The summed E-state index contributed by atoms with van der Waals surface area (Å²) < 4.78 is 5.30. The van der Waals surface area contributed by atoms with Crippen LogP contribution in [0.25, 0.3) is 0 Å². The lowest BCUT2D eigenvalue weighted by molar-refractivity contribution is -0.134. The molecule has 1 unspecified atom stereocenters. The van der Waals surface area contributed by atoms with E-state index in [-0.39, 0.29) is 23.4 Å². The number of phenols is 1. The summed E-state index contributed by atoms with van der Waals surface area (Å²) in [6, 6.07) is 5.12. The maximum atomic E-state index is 13.6. The molecule has 2 atom stereocenters. The fourth-order valence-corrected chi connectivity index (χ4v) is 4.89. The maximum absolute atomic E-state index is 13.6. The summed E-state index contributed by atoms with van der Waals surface area (Å²) in [5.41, 5.74) is 3.07. The molecule has 4 rings (SSSR count). The molecule has 6 nitrogen and oxygen atoms in total. The number of piperidine rings is 1. The molecule has 29 heavy (non-hydrogen) atoms. The molecule has 1 aliphatic carbocycles. The van der Waals surface area contributed by atoms with Crippen molar-refractivity contribution < 1.29 is 19.4 Å². The Morgan fingerprint density at radius 3 is 2.66 bits per heavy atom. The maximum Gasteiger partial charge on any atom is 0.232 e. The van der Waals surface area contributed by atoms with Crippen LogP contribution in [-0.4, -0.2) is 47.6 Å². The highest BCUT2D eigenvalue weighted by atomic mass is 16.5. The Morgan fingerprint density at radius 1 is 1.17 bits per heavy atom. The molecule has 1 saturated heterocycles. The Balaban J connectivity index is 1.82. The number of aliphatic imine (C=N–C) groups is 1. The zero-order chi connectivity index (χ0) is 20.5. The zero-order valence-corrected chi connectivity index (χ0v) is 17.1. The van der Waals surface area contributed by atoms with E-state index in [1.807, 2.05) is 11.8 Å². The van der Waals surface area contributed by atoms with Crippen LogP contribution in [0.15, 0.2) is 34.5 Å². The Bertz CT molecular complexity index is 896. The highest BCUT2D eigenvalue weighted by Crippen LogP contribution is 2.45. The molecule has 1 amide bonds. The van der Waals surface area contributed by atoms with Gasteiger partial charge in [0.05, 0.1) is 13.0 Å². The number of hydrogen-bond acceptors (Lipinski definition) is 5. The molecule has 1 fully saturated rings. The average molecular weight is 396 g/mol. The monoisotopic (exact) mass is 396 g/mol. The van der Waals surface area contributed by atoms with Crippen LogP contribution in [0.1, 0.15) is 56.9 Å². The van der Waals surface area contributed by atoms with Gasteiger partial charge in [0.25, 0.3) is 0 Å². The van der Waals surface area contributed by atoms with Crippen molar-refractivity contribution in [2.75, 3.05) is 20.2 Å². The van der Waals surface area contributed by atoms with Crippen molar-refractivity contribution in [2.24, 2.45) is 10.9 Å². The number of allylic oxidation sites excluding steroid dienone is 2. The summed E-state index contributed by atoms with van der Waals surface area (Å²) in [4.78, 5) is 33.2. The number of hydrogen-bond donors (Lipinski definition) is 1. The second-order valence-corrected chi connectivity index (χ2v) is 8.16. The molecule has 0 saturated carbocycles. The van der Waals surface area contributed by atoms with E-state index in [0.717, 1.165) is 62.2 Å². The van der Waals surface area contributed by atoms with Crippen LogP contribution in [-0.2, 0) is 9.59 Å². The van der Waals surface area contributed by atoms with E-state index >= 15 is 0 Å². The number of benzene rings is 1. The summed E-state index contributed by atoms with van der Waals surface area (Å²) >= 11 is 0. The molecule has 1 aromatic carbocycles. The lowest BCUT2D eigenvalue weighted by Gasteiger charge is -2.38. The van der Waals surface area contributed by atoms with Crippen LogP contribution in [0.3, 0.4) is 0 Å². The van der Waals surface area contributed by atoms with Gasteiger partial charge in [0.2, 0.25) is 5.91 Å². The molecular weight excluding hydrogens is 368 g/mol. The summed E-state index contributed by atoms with van der Waals surface area (Å²) in [6.45, 7) is 3.42. The van der Waals surface area contributed by atoms with Crippen LogP contribution >= 0.6 is 0 Å². The van der Waals surface area contributed by atoms with Gasteiger partial charge in [-0.1, -0.05) is 6.07 Å². The third-order valence-corrected chi connectivity index (χ3v) is 6.33. The van der Waals surface area contributed by atoms with E-state index in [1.165, 1.54) is 7.11 Å². The Labute approximate surface area is 171 Å². The number of ether oxygens (including phenoxy) is 1. The Kier molecular flexibility index (Phi) is 5.43. The number of likely N-dealkylation sites (tertiary alicyclic amines) is 1. The van der Waals surface area contributed by atoms with Crippen molar-refractivity contribution in [3.8, 4) is 11.5 Å². The van der Waals surface area contributed by atoms with Gasteiger partial charge in [0.15, 0.2) is 17.3 Å². The fraction of sp³-hybridized carbons (Fsp3) is 0.522. The first-order chi connectivity index (χ1) is 14.0. The molecule has 1 aromatic rings. The smallest absolute Gasteiger partial charge is 0.232 e. The zero-order valence-electron chi connectivity index (χ0n) is 17.1. The number of carbonyl (C=O) groups excluding carboxylic acids is 2. The predicted octanol–water partition coefficient (Wildman–Crippen LogP) is 3.59. The number of nitrogens with zero attached hydrogens (tertiary/aromatic N) is 2. The molecule has 0 bridgehead atoms. The van der Waals surface area contributed by atoms with E-state index in [0.29, 0.717) is 17.7 Å². The SMILES string of the molecule is COc1cc([C@@H]2C3=C(CCCC3=O)N=C(C)C2C(=O)N2CCCCC2)ccc1O. The third kappa shape index (κ3) is 3.56. The number of aromatic hydroxyl groups is 1. The van der Waals surface area contributed by atoms with Gasteiger partial charge in [-0.25, -0.2) is 0 Å². The minimum Gasteiger partial charge on any atom is -0.504 e. The minimum absolute atomic E-state index is 0.0422. The first kappa shape index (κ1) is 19.7. The molecule has 3 aliphatic rings. The van der Waals surface area contributed by atoms with Gasteiger partial charge in [-0.2, -0.15) is 0 Å². The highest BCUT2D eigenvalue weighted by molar-refractivity contribution is 6.10. The number of phenolic OH excluding ortho intramolecular Hbond substituents is 1. The molecule has 1 N–H and O–H groups in total. The molecular formula is C23H28N2O4. The van der Waals surface area contributed by atoms with Crippen molar-refractivity contribution >= 4 is 17.4 Å². The van der Waals surface area contributed by atoms with Crippen LogP contribution in [0, 0.1) is 5.92 Å². The number of carbonyl (C=O) groups is 2. The van der Waals surface area contributed by atoms with E-state index < -0.39 is 5.92 Å². The highest BCUT2D eigenvalue weighted by Gasteiger charge is 2.44. The second-order valence-electron chi connectivity index (χ2n) is 8.16. The van der Waals surface area contributed by atoms with Crippen LogP contribution in [0.5, 0.6) is 11.5 Å². The fourth-order valence-electron chi connectivity index (χ4n) is 4.89. The normalized spacial score (nSPS) is 24.8. The number of methoxy groups -OCH3 is 1. The van der Waals surface area contributed by atoms with Gasteiger partial charge >= 0.3 is 0 Å². The summed E-state index contributed by atoms with van der Waals surface area (Å²) in [5.74, 6) is -0.371.